The van der Waals surface area contributed by atoms with Crippen LogP contribution >= 0.6 is 0 Å². The summed E-state index contributed by atoms with van der Waals surface area (Å²) in [4.78, 5) is 25.9. The first-order chi connectivity index (χ1) is 12.1. The molecule has 2 heterocycles. The molecule has 1 aromatic rings. The van der Waals surface area contributed by atoms with E-state index in [1.165, 1.54) is 19.3 Å². The van der Waals surface area contributed by atoms with E-state index in [0.29, 0.717) is 12.5 Å². The number of carbonyl (C=O) groups is 1. The van der Waals surface area contributed by atoms with Gasteiger partial charge >= 0.3 is 0 Å². The fraction of sp³-hybridized carbons (Fsp3) is 0.737. The number of piperazine rings is 1. The number of nitrogens with zero attached hydrogens (tertiary/aromatic N) is 4. The summed E-state index contributed by atoms with van der Waals surface area (Å²) in [5.41, 5.74) is 2.04. The van der Waals surface area contributed by atoms with Crippen molar-refractivity contribution in [1.82, 2.24) is 20.2 Å². The van der Waals surface area contributed by atoms with Gasteiger partial charge in [-0.05, 0) is 32.8 Å². The first kappa shape index (κ1) is 18.1. The van der Waals surface area contributed by atoms with Crippen LogP contribution in [0.3, 0.4) is 0 Å². The second-order valence-corrected chi connectivity index (χ2v) is 7.43. The number of carbonyl (C=O) groups excluding carboxylic acids is 1. The van der Waals surface area contributed by atoms with E-state index in [1.54, 1.807) is 0 Å². The highest BCUT2D eigenvalue weighted by molar-refractivity contribution is 5.76. The second kappa shape index (κ2) is 8.61. The molecule has 2 aliphatic rings. The minimum atomic E-state index is 0.215. The molecule has 0 spiro atoms. The van der Waals surface area contributed by atoms with Gasteiger partial charge in [-0.25, -0.2) is 9.97 Å². The summed E-state index contributed by atoms with van der Waals surface area (Å²) in [5.74, 6) is 1.05. The maximum atomic E-state index is 12.1. The first-order valence-corrected chi connectivity index (χ1v) is 9.69. The molecule has 1 aromatic heterocycles. The van der Waals surface area contributed by atoms with Gasteiger partial charge in [-0.15, -0.1) is 0 Å². The van der Waals surface area contributed by atoms with Gasteiger partial charge in [-0.3, -0.25) is 9.69 Å². The molecule has 2 fully saturated rings. The molecule has 6 nitrogen and oxygen atoms in total. The first-order valence-electron chi connectivity index (χ1n) is 9.69. The zero-order chi connectivity index (χ0) is 17.6. The summed E-state index contributed by atoms with van der Waals surface area (Å²) < 4.78 is 0. The third kappa shape index (κ3) is 5.39. The third-order valence-corrected chi connectivity index (χ3v) is 5.25. The molecule has 0 atom stereocenters. The second-order valence-electron chi connectivity index (χ2n) is 7.43. The number of nitrogens with one attached hydrogen (secondary N) is 1. The number of amides is 1. The van der Waals surface area contributed by atoms with Crippen LogP contribution in [0.5, 0.6) is 0 Å². The van der Waals surface area contributed by atoms with Crippen molar-refractivity contribution in [2.24, 2.45) is 0 Å². The predicted molar refractivity (Wildman–Crippen MR) is 99.8 cm³/mol. The lowest BCUT2D eigenvalue weighted by Gasteiger charge is -2.34. The largest absolute Gasteiger partial charge is 0.353 e. The van der Waals surface area contributed by atoms with Crippen LogP contribution < -0.4 is 10.2 Å². The fourth-order valence-electron chi connectivity index (χ4n) is 3.83. The van der Waals surface area contributed by atoms with E-state index in [1.807, 2.05) is 19.9 Å². The highest BCUT2D eigenvalue weighted by Gasteiger charge is 2.21. The van der Waals surface area contributed by atoms with Crippen molar-refractivity contribution in [3.05, 3.63) is 17.5 Å². The van der Waals surface area contributed by atoms with Crippen molar-refractivity contribution in [3.8, 4) is 0 Å². The van der Waals surface area contributed by atoms with Crippen molar-refractivity contribution < 1.29 is 4.79 Å². The van der Waals surface area contributed by atoms with Gasteiger partial charge in [-0.2, -0.15) is 0 Å². The lowest BCUT2D eigenvalue weighted by atomic mass is 9.95. The number of hydrogen-bond acceptors (Lipinski definition) is 5. The highest BCUT2D eigenvalue weighted by Crippen LogP contribution is 2.17. The number of aromatic nitrogens is 2. The van der Waals surface area contributed by atoms with E-state index < -0.39 is 0 Å². The van der Waals surface area contributed by atoms with E-state index in [0.717, 1.165) is 62.9 Å². The molecule has 1 saturated heterocycles. The van der Waals surface area contributed by atoms with Crippen LogP contribution in [0.15, 0.2) is 6.07 Å². The Morgan fingerprint density at radius 1 is 1.08 bits per heavy atom. The molecule has 138 valence electrons. The Morgan fingerprint density at radius 3 is 2.36 bits per heavy atom. The van der Waals surface area contributed by atoms with Crippen molar-refractivity contribution in [1.29, 1.82) is 0 Å². The summed E-state index contributed by atoms with van der Waals surface area (Å²) in [5, 5.41) is 3.21. The lowest BCUT2D eigenvalue weighted by molar-refractivity contribution is -0.122. The molecule has 0 bridgehead atoms. The molecule has 0 radical (unpaired) electrons. The predicted octanol–water partition coefficient (Wildman–Crippen LogP) is 2.05. The van der Waals surface area contributed by atoms with Crippen LogP contribution in [0, 0.1) is 13.8 Å². The Balaban J connectivity index is 1.39. The van der Waals surface area contributed by atoms with Crippen molar-refractivity contribution in [3.63, 3.8) is 0 Å². The van der Waals surface area contributed by atoms with Crippen LogP contribution in [0.4, 0.5) is 5.95 Å². The summed E-state index contributed by atoms with van der Waals surface area (Å²) in [6.45, 7) is 8.65. The standard InChI is InChI=1S/C19H31N5O/c1-15-14-16(2)21-19(20-15)24-12-10-23(11-13-24)9-8-18(25)22-17-6-4-3-5-7-17/h14,17H,3-13H2,1-2H3,(H,22,25). The molecule has 6 heteroatoms. The normalized spacial score (nSPS) is 19.8. The molecule has 25 heavy (non-hydrogen) atoms. The van der Waals surface area contributed by atoms with Crippen molar-refractivity contribution in [2.75, 3.05) is 37.6 Å². The van der Waals surface area contributed by atoms with E-state index in [4.69, 9.17) is 0 Å². The third-order valence-electron chi connectivity index (χ3n) is 5.25. The average molecular weight is 345 g/mol. The average Bonchev–Trinajstić information content (AvgIpc) is 2.60. The minimum Gasteiger partial charge on any atom is -0.353 e. The van der Waals surface area contributed by atoms with Crippen LogP contribution in [0.2, 0.25) is 0 Å². The zero-order valence-electron chi connectivity index (χ0n) is 15.6. The van der Waals surface area contributed by atoms with Gasteiger partial charge in [0, 0.05) is 56.6 Å². The molecule has 3 rings (SSSR count). The van der Waals surface area contributed by atoms with Gasteiger partial charge in [0.1, 0.15) is 0 Å². The molecular formula is C19H31N5O. The number of rotatable bonds is 5. The summed E-state index contributed by atoms with van der Waals surface area (Å²) in [6, 6.07) is 2.42. The van der Waals surface area contributed by atoms with Crippen LogP contribution in [0.1, 0.15) is 49.9 Å². The van der Waals surface area contributed by atoms with E-state index in [-0.39, 0.29) is 5.91 Å². The highest BCUT2D eigenvalue weighted by atomic mass is 16.1. The smallest absolute Gasteiger partial charge is 0.225 e. The molecule has 1 N–H and O–H groups in total. The van der Waals surface area contributed by atoms with Crippen LogP contribution in [0.25, 0.3) is 0 Å². The van der Waals surface area contributed by atoms with Gasteiger partial charge in [0.15, 0.2) is 0 Å². The maximum Gasteiger partial charge on any atom is 0.225 e. The Labute approximate surface area is 151 Å². The molecule has 1 amide bonds. The maximum absolute atomic E-state index is 12.1. The molecule has 1 aliphatic carbocycles. The van der Waals surface area contributed by atoms with Crippen LogP contribution in [-0.4, -0.2) is 59.5 Å². The number of anilines is 1. The number of aryl methyl sites for hydroxylation is 2. The fourth-order valence-corrected chi connectivity index (χ4v) is 3.83. The summed E-state index contributed by atoms with van der Waals surface area (Å²) in [6.07, 6.45) is 6.75. The lowest BCUT2D eigenvalue weighted by Crippen LogP contribution is -2.48. The van der Waals surface area contributed by atoms with Crippen molar-refractivity contribution in [2.45, 2.75) is 58.4 Å². The van der Waals surface area contributed by atoms with Gasteiger partial charge < -0.3 is 10.2 Å². The van der Waals surface area contributed by atoms with E-state index in [2.05, 4.69) is 25.1 Å². The topological polar surface area (TPSA) is 61.4 Å². The van der Waals surface area contributed by atoms with Gasteiger partial charge in [-0.1, -0.05) is 19.3 Å². The van der Waals surface area contributed by atoms with Gasteiger partial charge in [0.2, 0.25) is 11.9 Å². The van der Waals surface area contributed by atoms with Crippen LogP contribution in [-0.2, 0) is 4.79 Å². The Morgan fingerprint density at radius 2 is 1.72 bits per heavy atom. The summed E-state index contributed by atoms with van der Waals surface area (Å²) in [7, 11) is 0. The van der Waals surface area contributed by atoms with E-state index in [9.17, 15) is 4.79 Å². The molecular weight excluding hydrogens is 314 g/mol. The Hall–Kier alpha value is -1.69. The monoisotopic (exact) mass is 345 g/mol. The van der Waals surface area contributed by atoms with Crippen molar-refractivity contribution >= 4 is 11.9 Å². The number of hydrogen-bond donors (Lipinski definition) is 1. The molecule has 1 aliphatic heterocycles. The van der Waals surface area contributed by atoms with Gasteiger partial charge in [0.25, 0.3) is 0 Å². The zero-order valence-corrected chi connectivity index (χ0v) is 15.6. The quantitative estimate of drug-likeness (QED) is 0.885. The van der Waals surface area contributed by atoms with E-state index >= 15 is 0 Å². The molecule has 0 aromatic carbocycles. The summed E-state index contributed by atoms with van der Waals surface area (Å²) >= 11 is 0. The van der Waals surface area contributed by atoms with Gasteiger partial charge in [0.05, 0.1) is 0 Å². The minimum absolute atomic E-state index is 0.215. The molecule has 1 saturated carbocycles. The Kier molecular flexibility index (Phi) is 6.24. The molecule has 0 unspecified atom stereocenters. The SMILES string of the molecule is Cc1cc(C)nc(N2CCN(CCC(=O)NC3CCCCC3)CC2)n1. The Bertz CT molecular complexity index is 557.